The second-order valence-electron chi connectivity index (χ2n) is 9.66. The molecule has 4 rings (SSSR count). The average molecular weight is 611 g/mol. The minimum Gasteiger partial charge on any atom is -0.494 e. The van der Waals surface area contributed by atoms with Crippen LogP contribution in [0.1, 0.15) is 53.3 Å². The van der Waals surface area contributed by atoms with E-state index in [2.05, 4.69) is 0 Å². The standard InChI is InChI=1S/C25H24F6N2O5S2/c1-40(36,37)33-22(35)20-17(19-10-9-18(39-19)14-3-4-14)13-23(25(29,30)31,32-21(20)34)15-5-7-16(8-6-15)38-12-2-11-24(26,27)28/h5-10,14H,2-4,11-13H2,1H3,(H,32,34)(H,33,35)/t23-/m0/s1. The van der Waals surface area contributed by atoms with Gasteiger partial charge in [-0.3, -0.25) is 9.59 Å². The molecule has 1 aromatic carbocycles. The maximum atomic E-state index is 14.8. The average Bonchev–Trinajstić information content (AvgIpc) is 3.55. The van der Waals surface area contributed by atoms with Gasteiger partial charge in [-0.05, 0) is 60.6 Å². The van der Waals surface area contributed by atoms with E-state index in [4.69, 9.17) is 4.74 Å². The first-order valence-corrected chi connectivity index (χ1v) is 14.7. The third-order valence-corrected chi connectivity index (χ3v) is 8.27. The van der Waals surface area contributed by atoms with Crippen LogP contribution in [-0.2, 0) is 25.2 Å². The third-order valence-electron chi connectivity index (χ3n) is 6.41. The van der Waals surface area contributed by atoms with Gasteiger partial charge in [0.2, 0.25) is 10.0 Å². The highest BCUT2D eigenvalue weighted by Crippen LogP contribution is 2.51. The molecule has 2 heterocycles. The highest BCUT2D eigenvalue weighted by Gasteiger charge is 2.60. The van der Waals surface area contributed by atoms with Crippen LogP contribution >= 0.6 is 11.3 Å². The van der Waals surface area contributed by atoms with Crippen LogP contribution in [0.3, 0.4) is 0 Å². The number of ether oxygens (including phenoxy) is 1. The third kappa shape index (κ3) is 6.79. The Morgan fingerprint density at radius 3 is 2.30 bits per heavy atom. The van der Waals surface area contributed by atoms with Crippen LogP contribution in [-0.4, -0.2) is 45.4 Å². The molecule has 1 aliphatic carbocycles. The molecule has 2 N–H and O–H groups in total. The quantitative estimate of drug-likeness (QED) is 0.232. The fourth-order valence-corrected chi connectivity index (χ4v) is 6.04. The van der Waals surface area contributed by atoms with Gasteiger partial charge in [0.15, 0.2) is 5.54 Å². The predicted octanol–water partition coefficient (Wildman–Crippen LogP) is 5.15. The van der Waals surface area contributed by atoms with Gasteiger partial charge >= 0.3 is 12.4 Å². The summed E-state index contributed by atoms with van der Waals surface area (Å²) in [5.74, 6) is -2.49. The highest BCUT2D eigenvalue weighted by molar-refractivity contribution is 7.89. The van der Waals surface area contributed by atoms with Crippen LogP contribution in [0.4, 0.5) is 26.3 Å². The monoisotopic (exact) mass is 610 g/mol. The van der Waals surface area contributed by atoms with Gasteiger partial charge in [-0.25, -0.2) is 13.1 Å². The summed E-state index contributed by atoms with van der Waals surface area (Å²) in [5.41, 5.74) is -4.40. The lowest BCUT2D eigenvalue weighted by Crippen LogP contribution is -2.59. The molecule has 1 atom stereocenters. The zero-order valence-electron chi connectivity index (χ0n) is 20.9. The number of hydrogen-bond donors (Lipinski definition) is 2. The van der Waals surface area contributed by atoms with Crippen molar-refractivity contribution in [2.24, 2.45) is 0 Å². The van der Waals surface area contributed by atoms with E-state index in [0.717, 1.165) is 53.3 Å². The Labute approximate surface area is 229 Å². The van der Waals surface area contributed by atoms with Crippen LogP contribution in [0, 0.1) is 0 Å². The van der Waals surface area contributed by atoms with Crippen LogP contribution < -0.4 is 14.8 Å². The van der Waals surface area contributed by atoms with Crippen molar-refractivity contribution in [2.45, 2.75) is 55.9 Å². The van der Waals surface area contributed by atoms with Gasteiger partial charge in [-0.1, -0.05) is 12.1 Å². The lowest BCUT2D eigenvalue weighted by atomic mass is 9.78. The number of halogens is 6. The topological polar surface area (TPSA) is 102 Å². The lowest BCUT2D eigenvalue weighted by molar-refractivity contribution is -0.201. The maximum Gasteiger partial charge on any atom is 0.416 e. The molecule has 7 nitrogen and oxygen atoms in total. The number of carbonyl (C=O) groups is 2. The zero-order valence-corrected chi connectivity index (χ0v) is 22.5. The molecule has 1 aromatic heterocycles. The number of thiophene rings is 1. The number of sulfonamides is 1. The largest absolute Gasteiger partial charge is 0.494 e. The highest BCUT2D eigenvalue weighted by atomic mass is 32.2. The summed E-state index contributed by atoms with van der Waals surface area (Å²) in [5, 5.41) is 1.89. The summed E-state index contributed by atoms with van der Waals surface area (Å²) in [6.45, 7) is -0.312. The van der Waals surface area contributed by atoms with Gasteiger partial charge < -0.3 is 10.1 Å². The second-order valence-corrected chi connectivity index (χ2v) is 12.5. The lowest BCUT2D eigenvalue weighted by Gasteiger charge is -2.41. The van der Waals surface area contributed by atoms with E-state index in [1.54, 1.807) is 10.8 Å². The number of alkyl halides is 6. The summed E-state index contributed by atoms with van der Waals surface area (Å²) in [6.07, 6.45) is -9.29. The second kappa shape index (κ2) is 10.7. The van der Waals surface area contributed by atoms with Crippen molar-refractivity contribution in [3.63, 3.8) is 0 Å². The molecule has 15 heteroatoms. The van der Waals surface area contributed by atoms with Crippen molar-refractivity contribution in [1.82, 2.24) is 10.0 Å². The minimum atomic E-state index is -5.07. The molecule has 2 aromatic rings. The minimum absolute atomic E-state index is 0.0294. The molecule has 0 spiro atoms. The van der Waals surface area contributed by atoms with Gasteiger partial charge in [0.25, 0.3) is 11.8 Å². The Bertz CT molecular complexity index is 1430. The van der Waals surface area contributed by atoms with Crippen LogP contribution in [0.2, 0.25) is 0 Å². The predicted molar refractivity (Wildman–Crippen MR) is 134 cm³/mol. The van der Waals surface area contributed by atoms with Crippen molar-refractivity contribution in [3.8, 4) is 5.75 Å². The van der Waals surface area contributed by atoms with E-state index in [-0.39, 0.29) is 35.1 Å². The number of rotatable bonds is 9. The number of carbonyl (C=O) groups excluding carboxylic acids is 2. The Morgan fingerprint density at radius 1 is 1.10 bits per heavy atom. The number of benzene rings is 1. The fraction of sp³-hybridized carbons (Fsp3) is 0.440. The smallest absolute Gasteiger partial charge is 0.416 e. The van der Waals surface area contributed by atoms with E-state index in [1.165, 1.54) is 6.07 Å². The summed E-state index contributed by atoms with van der Waals surface area (Å²) >= 11 is 1.14. The molecule has 0 radical (unpaired) electrons. The van der Waals surface area contributed by atoms with Gasteiger partial charge in [0.1, 0.15) is 11.3 Å². The normalized spacial score (nSPS) is 20.3. The molecule has 0 saturated heterocycles. The first kappa shape index (κ1) is 29.9. The van der Waals surface area contributed by atoms with Crippen molar-refractivity contribution in [3.05, 3.63) is 57.3 Å². The molecular weight excluding hydrogens is 586 g/mol. The Kier molecular flexibility index (Phi) is 8.02. The van der Waals surface area contributed by atoms with Gasteiger partial charge in [0.05, 0.1) is 12.9 Å². The molecule has 1 aliphatic heterocycles. The molecule has 1 saturated carbocycles. The fourth-order valence-electron chi connectivity index (χ4n) is 4.37. The molecule has 2 aliphatic rings. The van der Waals surface area contributed by atoms with E-state index in [0.29, 0.717) is 6.26 Å². The summed E-state index contributed by atoms with van der Waals surface area (Å²) in [4.78, 5) is 27.1. The van der Waals surface area contributed by atoms with Crippen LogP contribution in [0.15, 0.2) is 42.0 Å². The number of hydrogen-bond acceptors (Lipinski definition) is 6. The van der Waals surface area contributed by atoms with Gasteiger partial charge in [0, 0.05) is 22.6 Å². The van der Waals surface area contributed by atoms with Crippen LogP contribution in [0.5, 0.6) is 5.75 Å². The molecule has 2 amide bonds. The molecular formula is C25H24F6N2O5S2. The Balaban J connectivity index is 1.71. The van der Waals surface area contributed by atoms with E-state index < -0.39 is 63.7 Å². The molecule has 0 bridgehead atoms. The van der Waals surface area contributed by atoms with E-state index in [9.17, 15) is 44.3 Å². The maximum absolute atomic E-state index is 14.8. The molecule has 0 unspecified atom stereocenters. The van der Waals surface area contributed by atoms with E-state index >= 15 is 0 Å². The summed E-state index contributed by atoms with van der Waals surface area (Å²) in [7, 11) is -4.14. The summed E-state index contributed by atoms with van der Waals surface area (Å²) in [6, 6.07) is 7.59. The van der Waals surface area contributed by atoms with Crippen molar-refractivity contribution in [1.29, 1.82) is 0 Å². The Hall–Kier alpha value is -3.07. The molecule has 218 valence electrons. The first-order chi connectivity index (χ1) is 18.5. The Morgan fingerprint density at radius 2 is 1.75 bits per heavy atom. The van der Waals surface area contributed by atoms with Gasteiger partial charge in [-0.15, -0.1) is 11.3 Å². The SMILES string of the molecule is CS(=O)(=O)NC(=O)C1=C(c2ccc(C3CC3)s2)C[C@](c2ccc(OCCCC(F)(F)F)cc2)(C(F)(F)F)NC1=O. The zero-order chi connectivity index (χ0) is 29.5. The van der Waals surface area contributed by atoms with Crippen molar-refractivity contribution in [2.75, 3.05) is 12.9 Å². The first-order valence-electron chi connectivity index (χ1n) is 12.0. The van der Waals surface area contributed by atoms with Crippen LogP contribution in [0.25, 0.3) is 5.57 Å². The van der Waals surface area contributed by atoms with Gasteiger partial charge in [-0.2, -0.15) is 26.3 Å². The summed E-state index contributed by atoms with van der Waals surface area (Å²) < 4.78 is 112. The number of nitrogens with one attached hydrogen (secondary N) is 2. The molecule has 1 fully saturated rings. The van der Waals surface area contributed by atoms with Crippen molar-refractivity contribution < 1.29 is 49.1 Å². The number of amides is 2. The molecule has 40 heavy (non-hydrogen) atoms. The van der Waals surface area contributed by atoms with Crippen molar-refractivity contribution >= 4 is 38.7 Å². The van der Waals surface area contributed by atoms with E-state index in [1.807, 2.05) is 5.32 Å².